The van der Waals surface area contributed by atoms with Gasteiger partial charge in [-0.15, -0.1) is 0 Å². The highest BCUT2D eigenvalue weighted by atomic mass is 32.1. The van der Waals surface area contributed by atoms with Crippen LogP contribution in [0.15, 0.2) is 4.52 Å². The third-order valence-electron chi connectivity index (χ3n) is 2.47. The predicted octanol–water partition coefficient (Wildman–Crippen LogP) is 0.595. The van der Waals surface area contributed by atoms with Crippen LogP contribution >= 0.6 is 12.2 Å². The van der Waals surface area contributed by atoms with E-state index in [1.165, 1.54) is 0 Å². The van der Waals surface area contributed by atoms with E-state index in [1.807, 2.05) is 13.8 Å². The minimum Gasteiger partial charge on any atom is -0.393 e. The van der Waals surface area contributed by atoms with Crippen LogP contribution in [0.4, 0.5) is 0 Å². The summed E-state index contributed by atoms with van der Waals surface area (Å²) >= 11 is 4.89. The minimum absolute atomic E-state index is 0.0786. The molecule has 1 heterocycles. The highest BCUT2D eigenvalue weighted by Crippen LogP contribution is 2.11. The number of nitrogens with one attached hydrogen (secondary N) is 1. The SMILES string of the molecule is Cc1nc(CCNC(=O)C(C(N)=S)C(C)C)no1. The van der Waals surface area contributed by atoms with Gasteiger partial charge in [-0.1, -0.05) is 31.2 Å². The topological polar surface area (TPSA) is 94.0 Å². The number of aryl methyl sites for hydroxylation is 1. The van der Waals surface area contributed by atoms with Gasteiger partial charge < -0.3 is 15.6 Å². The molecule has 3 N–H and O–H groups in total. The van der Waals surface area contributed by atoms with Gasteiger partial charge in [-0.25, -0.2) is 0 Å². The van der Waals surface area contributed by atoms with E-state index in [1.54, 1.807) is 6.92 Å². The van der Waals surface area contributed by atoms with Crippen molar-refractivity contribution in [2.24, 2.45) is 17.6 Å². The first-order valence-corrected chi connectivity index (χ1v) is 6.19. The van der Waals surface area contributed by atoms with E-state index < -0.39 is 5.92 Å². The number of carbonyl (C=O) groups is 1. The molecule has 0 aliphatic heterocycles. The standard InChI is InChI=1S/C11H18N4O2S/c1-6(2)9(10(12)18)11(16)13-5-4-8-14-7(3)17-15-8/h6,9H,4-5H2,1-3H3,(H2,12,18)(H,13,16). The van der Waals surface area contributed by atoms with Gasteiger partial charge in [0.1, 0.15) is 0 Å². The molecule has 0 saturated heterocycles. The Kier molecular flexibility index (Phi) is 5.21. The summed E-state index contributed by atoms with van der Waals surface area (Å²) < 4.78 is 4.83. The highest BCUT2D eigenvalue weighted by Gasteiger charge is 2.24. The smallest absolute Gasteiger partial charge is 0.230 e. The molecular weight excluding hydrogens is 252 g/mol. The normalized spacial score (nSPS) is 12.4. The fraction of sp³-hybridized carbons (Fsp3) is 0.636. The van der Waals surface area contributed by atoms with Crippen molar-refractivity contribution in [1.29, 1.82) is 0 Å². The number of nitrogens with zero attached hydrogens (tertiary/aromatic N) is 2. The molecule has 7 heteroatoms. The van der Waals surface area contributed by atoms with Crippen LogP contribution in [-0.4, -0.2) is 27.6 Å². The Morgan fingerprint density at radius 1 is 1.56 bits per heavy atom. The van der Waals surface area contributed by atoms with Gasteiger partial charge in [0.05, 0.1) is 10.9 Å². The quantitative estimate of drug-likeness (QED) is 0.735. The average molecular weight is 270 g/mol. The van der Waals surface area contributed by atoms with Crippen molar-refractivity contribution in [3.05, 3.63) is 11.7 Å². The first-order valence-electron chi connectivity index (χ1n) is 5.78. The van der Waals surface area contributed by atoms with Crippen molar-refractivity contribution in [2.45, 2.75) is 27.2 Å². The number of hydrogen-bond donors (Lipinski definition) is 2. The first-order chi connectivity index (χ1) is 8.41. The van der Waals surface area contributed by atoms with E-state index in [0.717, 1.165) is 0 Å². The molecule has 1 unspecified atom stereocenters. The average Bonchev–Trinajstić information content (AvgIpc) is 2.63. The summed E-state index contributed by atoms with van der Waals surface area (Å²) in [5, 5.41) is 6.51. The summed E-state index contributed by atoms with van der Waals surface area (Å²) in [5.74, 6) is 0.573. The van der Waals surface area contributed by atoms with Crippen molar-refractivity contribution in [3.63, 3.8) is 0 Å². The Morgan fingerprint density at radius 3 is 2.67 bits per heavy atom. The van der Waals surface area contributed by atoms with Crippen LogP contribution in [0.2, 0.25) is 0 Å². The van der Waals surface area contributed by atoms with Crippen LogP contribution in [0.25, 0.3) is 0 Å². The molecule has 0 bridgehead atoms. The summed E-state index contributed by atoms with van der Waals surface area (Å²) in [6.45, 7) is 5.97. The second-order valence-electron chi connectivity index (χ2n) is 4.39. The van der Waals surface area contributed by atoms with Crippen LogP contribution in [0.3, 0.4) is 0 Å². The van der Waals surface area contributed by atoms with E-state index in [9.17, 15) is 4.79 Å². The van der Waals surface area contributed by atoms with Gasteiger partial charge in [0.25, 0.3) is 0 Å². The Morgan fingerprint density at radius 2 is 2.22 bits per heavy atom. The number of hydrogen-bond acceptors (Lipinski definition) is 5. The monoisotopic (exact) mass is 270 g/mol. The lowest BCUT2D eigenvalue weighted by Crippen LogP contribution is -2.41. The maximum atomic E-state index is 11.9. The Bertz CT molecular complexity index is 430. The number of carbonyl (C=O) groups excluding carboxylic acids is 1. The summed E-state index contributed by atoms with van der Waals surface area (Å²) in [4.78, 5) is 16.1. The molecule has 18 heavy (non-hydrogen) atoms. The molecule has 1 amide bonds. The molecule has 0 spiro atoms. The van der Waals surface area contributed by atoms with Crippen molar-refractivity contribution < 1.29 is 9.32 Å². The molecule has 100 valence electrons. The number of amides is 1. The zero-order valence-corrected chi connectivity index (χ0v) is 11.6. The maximum absolute atomic E-state index is 11.9. The van der Waals surface area contributed by atoms with Crippen LogP contribution in [0.5, 0.6) is 0 Å². The van der Waals surface area contributed by atoms with Crippen LogP contribution in [0, 0.1) is 18.8 Å². The maximum Gasteiger partial charge on any atom is 0.230 e. The van der Waals surface area contributed by atoms with Gasteiger partial charge in [0, 0.05) is 19.9 Å². The molecular formula is C11H18N4O2S. The molecule has 1 atom stereocenters. The van der Waals surface area contributed by atoms with Crippen molar-refractivity contribution in [2.75, 3.05) is 6.54 Å². The van der Waals surface area contributed by atoms with E-state index in [4.69, 9.17) is 22.5 Å². The zero-order valence-electron chi connectivity index (χ0n) is 10.8. The molecule has 0 aromatic carbocycles. The summed E-state index contributed by atoms with van der Waals surface area (Å²) in [5.41, 5.74) is 5.56. The van der Waals surface area contributed by atoms with E-state index in [-0.39, 0.29) is 16.8 Å². The molecule has 0 aliphatic carbocycles. The van der Waals surface area contributed by atoms with Crippen molar-refractivity contribution in [1.82, 2.24) is 15.5 Å². The molecule has 0 radical (unpaired) electrons. The molecule has 6 nitrogen and oxygen atoms in total. The lowest BCUT2D eigenvalue weighted by Gasteiger charge is -2.18. The van der Waals surface area contributed by atoms with Crippen molar-refractivity contribution in [3.8, 4) is 0 Å². The predicted molar refractivity (Wildman–Crippen MR) is 70.9 cm³/mol. The molecule has 1 rings (SSSR count). The van der Waals surface area contributed by atoms with Gasteiger partial charge >= 0.3 is 0 Å². The second-order valence-corrected chi connectivity index (χ2v) is 4.87. The number of nitrogens with two attached hydrogens (primary N) is 1. The highest BCUT2D eigenvalue weighted by molar-refractivity contribution is 7.80. The third-order valence-corrected chi connectivity index (χ3v) is 2.73. The lowest BCUT2D eigenvalue weighted by molar-refractivity contribution is -0.123. The Hall–Kier alpha value is -1.50. The minimum atomic E-state index is -0.438. The number of rotatable bonds is 6. The lowest BCUT2D eigenvalue weighted by atomic mass is 9.95. The molecule has 0 aliphatic rings. The summed E-state index contributed by atoms with van der Waals surface area (Å²) in [7, 11) is 0. The third kappa shape index (κ3) is 4.06. The summed E-state index contributed by atoms with van der Waals surface area (Å²) in [6.07, 6.45) is 0.519. The van der Waals surface area contributed by atoms with Gasteiger partial charge in [-0.2, -0.15) is 4.98 Å². The zero-order chi connectivity index (χ0) is 13.7. The first kappa shape index (κ1) is 14.6. The van der Waals surface area contributed by atoms with Gasteiger partial charge in [0.2, 0.25) is 11.8 Å². The van der Waals surface area contributed by atoms with Crippen LogP contribution in [0.1, 0.15) is 25.6 Å². The molecule has 0 fully saturated rings. The number of thiocarbonyl (C=S) groups is 1. The van der Waals surface area contributed by atoms with Gasteiger partial charge in [-0.05, 0) is 5.92 Å². The largest absolute Gasteiger partial charge is 0.393 e. The van der Waals surface area contributed by atoms with Crippen molar-refractivity contribution >= 4 is 23.1 Å². The van der Waals surface area contributed by atoms with Gasteiger partial charge in [-0.3, -0.25) is 4.79 Å². The van der Waals surface area contributed by atoms with Crippen LogP contribution in [-0.2, 0) is 11.2 Å². The van der Waals surface area contributed by atoms with Crippen LogP contribution < -0.4 is 11.1 Å². The fourth-order valence-corrected chi connectivity index (χ4v) is 1.99. The number of aromatic nitrogens is 2. The molecule has 1 aromatic heterocycles. The fourth-order valence-electron chi connectivity index (χ4n) is 1.61. The Balaban J connectivity index is 2.43. The Labute approximate surface area is 111 Å². The van der Waals surface area contributed by atoms with E-state index in [2.05, 4.69) is 15.5 Å². The molecule has 0 saturated carbocycles. The summed E-state index contributed by atoms with van der Waals surface area (Å²) in [6, 6.07) is 0. The molecule has 1 aromatic rings. The van der Waals surface area contributed by atoms with Gasteiger partial charge in [0.15, 0.2) is 5.82 Å². The van der Waals surface area contributed by atoms with E-state index >= 15 is 0 Å². The second kappa shape index (κ2) is 6.44. The van der Waals surface area contributed by atoms with E-state index in [0.29, 0.717) is 24.7 Å².